The maximum absolute atomic E-state index is 4.88. The Hall–Kier alpha value is -2.36. The van der Waals surface area contributed by atoms with Crippen molar-refractivity contribution in [1.29, 1.82) is 0 Å². The summed E-state index contributed by atoms with van der Waals surface area (Å²) in [4.78, 5) is 9.76. The molecule has 0 saturated carbocycles. The highest BCUT2D eigenvalue weighted by Crippen LogP contribution is 2.27. The van der Waals surface area contributed by atoms with Crippen LogP contribution in [0.15, 0.2) is 30.9 Å². The van der Waals surface area contributed by atoms with Crippen LogP contribution in [0.25, 0.3) is 0 Å². The topological polar surface area (TPSA) is 35.6 Å². The largest absolute Gasteiger partial charge is 0.330 e. The summed E-state index contributed by atoms with van der Waals surface area (Å²) in [5.41, 5.74) is 9.78. The fourth-order valence-corrected chi connectivity index (χ4v) is 5.31. The molecule has 0 N–H and O–H groups in total. The number of aromatic nitrogens is 4. The minimum absolute atomic E-state index is 0.100. The molecule has 2 heterocycles. The lowest BCUT2D eigenvalue weighted by Crippen LogP contribution is -2.14. The third-order valence-electron chi connectivity index (χ3n) is 7.76. The van der Waals surface area contributed by atoms with Crippen LogP contribution in [0.5, 0.6) is 0 Å². The van der Waals surface area contributed by atoms with Crippen LogP contribution in [0.1, 0.15) is 139 Å². The first-order valence-electron chi connectivity index (χ1n) is 15.5. The van der Waals surface area contributed by atoms with Crippen LogP contribution in [-0.4, -0.2) is 19.1 Å². The van der Waals surface area contributed by atoms with Gasteiger partial charge in [0.2, 0.25) is 0 Å². The Labute approximate surface area is 233 Å². The van der Waals surface area contributed by atoms with Gasteiger partial charge in [-0.1, -0.05) is 92.3 Å². The van der Waals surface area contributed by atoms with E-state index in [0.717, 1.165) is 38.8 Å². The van der Waals surface area contributed by atoms with E-state index in [1.165, 1.54) is 90.8 Å². The zero-order valence-corrected chi connectivity index (χ0v) is 25.6. The SMILES string of the molecule is CCCCc1ncn(Cc2cc(Cn3cnc(CCCC)c3CCCC)cc(C(C)(C)C)c2)c1CCCC. The van der Waals surface area contributed by atoms with E-state index >= 15 is 0 Å². The molecule has 4 heteroatoms. The summed E-state index contributed by atoms with van der Waals surface area (Å²) in [7, 11) is 0. The van der Waals surface area contributed by atoms with Crippen molar-refractivity contribution in [2.45, 2.75) is 144 Å². The summed E-state index contributed by atoms with van der Waals surface area (Å²) in [5.74, 6) is 0. The first-order chi connectivity index (χ1) is 18.3. The van der Waals surface area contributed by atoms with Crippen molar-refractivity contribution in [3.63, 3.8) is 0 Å². The molecule has 0 fully saturated rings. The van der Waals surface area contributed by atoms with Gasteiger partial charge >= 0.3 is 0 Å². The van der Waals surface area contributed by atoms with Crippen molar-refractivity contribution in [2.24, 2.45) is 0 Å². The van der Waals surface area contributed by atoms with Crippen molar-refractivity contribution < 1.29 is 0 Å². The molecular weight excluding hydrogens is 464 g/mol. The van der Waals surface area contributed by atoms with Crippen molar-refractivity contribution in [2.75, 3.05) is 0 Å². The number of unbranched alkanes of at least 4 members (excludes halogenated alkanes) is 4. The van der Waals surface area contributed by atoms with E-state index in [2.05, 4.69) is 88.5 Å². The van der Waals surface area contributed by atoms with Gasteiger partial charge in [-0.25, -0.2) is 9.97 Å². The third-order valence-corrected chi connectivity index (χ3v) is 7.76. The summed E-state index contributed by atoms with van der Waals surface area (Å²) >= 11 is 0. The minimum atomic E-state index is 0.100. The van der Waals surface area contributed by atoms with Crippen LogP contribution in [-0.2, 0) is 44.2 Å². The Morgan fingerprint density at radius 1 is 0.579 bits per heavy atom. The molecule has 1 aromatic carbocycles. The molecule has 0 aliphatic heterocycles. The smallest absolute Gasteiger partial charge is 0.0954 e. The number of rotatable bonds is 16. The highest BCUT2D eigenvalue weighted by atomic mass is 15.1. The van der Waals surface area contributed by atoms with Crippen molar-refractivity contribution in [3.8, 4) is 0 Å². The third kappa shape index (κ3) is 8.32. The molecule has 0 spiro atoms. The quantitative estimate of drug-likeness (QED) is 0.190. The molecule has 3 aromatic rings. The van der Waals surface area contributed by atoms with E-state index in [-0.39, 0.29) is 5.41 Å². The number of aryl methyl sites for hydroxylation is 2. The molecule has 0 radical (unpaired) electrons. The second kappa shape index (κ2) is 14.7. The van der Waals surface area contributed by atoms with Crippen LogP contribution in [0.2, 0.25) is 0 Å². The number of hydrogen-bond donors (Lipinski definition) is 0. The fraction of sp³-hybridized carbons (Fsp3) is 0.647. The van der Waals surface area contributed by atoms with Gasteiger partial charge in [-0.15, -0.1) is 0 Å². The van der Waals surface area contributed by atoms with Gasteiger partial charge in [0.05, 0.1) is 24.0 Å². The van der Waals surface area contributed by atoms with E-state index in [0.29, 0.717) is 0 Å². The molecule has 0 unspecified atom stereocenters. The van der Waals surface area contributed by atoms with Crippen LogP contribution in [0, 0.1) is 0 Å². The molecule has 0 aliphatic carbocycles. The molecule has 38 heavy (non-hydrogen) atoms. The molecule has 0 saturated heterocycles. The first-order valence-corrected chi connectivity index (χ1v) is 15.5. The number of benzene rings is 1. The van der Waals surface area contributed by atoms with Gasteiger partial charge in [0, 0.05) is 24.5 Å². The van der Waals surface area contributed by atoms with Crippen molar-refractivity contribution in [1.82, 2.24) is 19.1 Å². The van der Waals surface area contributed by atoms with E-state index in [4.69, 9.17) is 9.97 Å². The fourth-order valence-electron chi connectivity index (χ4n) is 5.31. The van der Waals surface area contributed by atoms with Gasteiger partial charge in [-0.3, -0.25) is 0 Å². The van der Waals surface area contributed by atoms with Gasteiger partial charge in [0.25, 0.3) is 0 Å². The summed E-state index contributed by atoms with van der Waals surface area (Å²) in [6.45, 7) is 17.9. The van der Waals surface area contributed by atoms with Crippen LogP contribution < -0.4 is 0 Å². The van der Waals surface area contributed by atoms with E-state index < -0.39 is 0 Å². The molecule has 0 amide bonds. The van der Waals surface area contributed by atoms with Gasteiger partial charge < -0.3 is 9.13 Å². The zero-order chi connectivity index (χ0) is 27.5. The molecule has 0 bridgehead atoms. The predicted molar refractivity (Wildman–Crippen MR) is 162 cm³/mol. The highest BCUT2D eigenvalue weighted by Gasteiger charge is 2.18. The summed E-state index contributed by atoms with van der Waals surface area (Å²) < 4.78 is 4.86. The van der Waals surface area contributed by atoms with Crippen LogP contribution in [0.3, 0.4) is 0 Å². The van der Waals surface area contributed by atoms with E-state index in [1.807, 2.05) is 0 Å². The lowest BCUT2D eigenvalue weighted by molar-refractivity contribution is 0.585. The number of imidazole rings is 2. The van der Waals surface area contributed by atoms with E-state index in [1.54, 1.807) is 0 Å². The molecule has 0 atom stereocenters. The van der Waals surface area contributed by atoms with Crippen molar-refractivity contribution >= 4 is 0 Å². The van der Waals surface area contributed by atoms with Crippen LogP contribution >= 0.6 is 0 Å². The minimum Gasteiger partial charge on any atom is -0.330 e. The average molecular weight is 519 g/mol. The normalized spacial score (nSPS) is 12.0. The second-order valence-electron chi connectivity index (χ2n) is 12.2. The van der Waals surface area contributed by atoms with Gasteiger partial charge in [0.1, 0.15) is 0 Å². The zero-order valence-electron chi connectivity index (χ0n) is 25.6. The lowest BCUT2D eigenvalue weighted by Gasteiger charge is -2.22. The maximum Gasteiger partial charge on any atom is 0.0954 e. The summed E-state index contributed by atoms with van der Waals surface area (Å²) in [6.07, 6.45) is 18.4. The lowest BCUT2D eigenvalue weighted by atomic mass is 9.85. The van der Waals surface area contributed by atoms with E-state index in [9.17, 15) is 0 Å². The Kier molecular flexibility index (Phi) is 11.7. The molecule has 210 valence electrons. The molecular formula is C34H54N4. The number of nitrogens with zero attached hydrogens (tertiary/aromatic N) is 4. The monoisotopic (exact) mass is 518 g/mol. The molecule has 0 aliphatic rings. The highest BCUT2D eigenvalue weighted by molar-refractivity contribution is 5.35. The Balaban J connectivity index is 1.95. The van der Waals surface area contributed by atoms with Gasteiger partial charge in [-0.05, 0) is 73.5 Å². The Bertz CT molecular complexity index is 1030. The van der Waals surface area contributed by atoms with Gasteiger partial charge in [0.15, 0.2) is 0 Å². The summed E-state index contributed by atoms with van der Waals surface area (Å²) in [5, 5.41) is 0. The van der Waals surface area contributed by atoms with Crippen molar-refractivity contribution in [3.05, 3.63) is 70.3 Å². The van der Waals surface area contributed by atoms with Crippen LogP contribution in [0.4, 0.5) is 0 Å². The molecule has 3 rings (SSSR count). The first kappa shape index (κ1) is 30.2. The standard InChI is InChI=1S/C34H54N4/c1-8-12-16-30-32(18-14-10-3)37(25-35-30)23-27-20-28(22-29(21-27)34(5,6)7)24-38-26-36-31(17-13-9-2)33(38)19-15-11-4/h20-22,25-26H,8-19,23-24H2,1-7H3. The van der Waals surface area contributed by atoms with Gasteiger partial charge in [-0.2, -0.15) is 0 Å². The molecule has 4 nitrogen and oxygen atoms in total. The average Bonchev–Trinajstić information content (AvgIpc) is 3.45. The second-order valence-corrected chi connectivity index (χ2v) is 12.2. The predicted octanol–water partition coefficient (Wildman–Crippen LogP) is 8.84. The molecule has 2 aromatic heterocycles. The summed E-state index contributed by atoms with van der Waals surface area (Å²) in [6, 6.07) is 7.29. The number of hydrogen-bond acceptors (Lipinski definition) is 2. The Morgan fingerprint density at radius 3 is 1.34 bits per heavy atom. The maximum atomic E-state index is 4.88. The Morgan fingerprint density at radius 2 is 0.974 bits per heavy atom.